The smallest absolute Gasteiger partial charge is 0.223 e. The van der Waals surface area contributed by atoms with Crippen molar-refractivity contribution in [2.24, 2.45) is 11.7 Å². The summed E-state index contributed by atoms with van der Waals surface area (Å²) in [5.74, 6) is 1.17. The maximum absolute atomic E-state index is 12.0. The van der Waals surface area contributed by atoms with Gasteiger partial charge in [-0.3, -0.25) is 4.79 Å². The van der Waals surface area contributed by atoms with Gasteiger partial charge < -0.3 is 15.5 Å². The third-order valence-electron chi connectivity index (χ3n) is 4.40. The van der Waals surface area contributed by atoms with Gasteiger partial charge in [0.25, 0.3) is 0 Å². The summed E-state index contributed by atoms with van der Waals surface area (Å²) < 4.78 is 0. The van der Waals surface area contributed by atoms with E-state index in [-0.39, 0.29) is 5.91 Å². The summed E-state index contributed by atoms with van der Waals surface area (Å²) in [5.41, 5.74) is 5.48. The lowest BCUT2D eigenvalue weighted by atomic mass is 9.96. The summed E-state index contributed by atoms with van der Waals surface area (Å²) in [7, 11) is 1.89. The van der Waals surface area contributed by atoms with E-state index < -0.39 is 0 Å². The lowest BCUT2D eigenvalue weighted by Gasteiger charge is -2.22. The molecule has 1 unspecified atom stereocenters. The van der Waals surface area contributed by atoms with Crippen molar-refractivity contribution in [1.82, 2.24) is 9.80 Å². The Morgan fingerprint density at radius 1 is 1.35 bits per heavy atom. The number of nitrogens with two attached hydrogens (primary N) is 1. The van der Waals surface area contributed by atoms with Crippen LogP contribution in [0, 0.1) is 5.92 Å². The van der Waals surface area contributed by atoms with Crippen molar-refractivity contribution >= 4 is 5.91 Å². The van der Waals surface area contributed by atoms with Gasteiger partial charge in [-0.25, -0.2) is 0 Å². The van der Waals surface area contributed by atoms with E-state index in [1.807, 2.05) is 11.9 Å². The molecular formula is C16H33N3O. The lowest BCUT2D eigenvalue weighted by molar-refractivity contribution is -0.130. The van der Waals surface area contributed by atoms with E-state index in [4.69, 9.17) is 5.73 Å². The fourth-order valence-electron chi connectivity index (χ4n) is 3.04. The summed E-state index contributed by atoms with van der Waals surface area (Å²) >= 11 is 0. The first-order valence-electron chi connectivity index (χ1n) is 8.33. The van der Waals surface area contributed by atoms with Crippen LogP contribution in [-0.2, 0) is 4.79 Å². The van der Waals surface area contributed by atoms with Crippen LogP contribution in [0.15, 0.2) is 0 Å². The molecule has 1 aliphatic heterocycles. The van der Waals surface area contributed by atoms with Gasteiger partial charge in [0, 0.05) is 26.6 Å². The number of rotatable bonds is 8. The van der Waals surface area contributed by atoms with Gasteiger partial charge in [-0.05, 0) is 51.2 Å². The van der Waals surface area contributed by atoms with E-state index in [2.05, 4.69) is 11.8 Å². The molecule has 1 saturated heterocycles. The summed E-state index contributed by atoms with van der Waals surface area (Å²) in [6, 6.07) is 0. The number of hydrogen-bond donors (Lipinski definition) is 1. The molecule has 1 atom stereocenters. The molecule has 0 saturated carbocycles. The molecule has 4 heteroatoms. The zero-order chi connectivity index (χ0) is 14.8. The van der Waals surface area contributed by atoms with Crippen LogP contribution >= 0.6 is 0 Å². The molecule has 2 N–H and O–H groups in total. The highest BCUT2D eigenvalue weighted by Crippen LogP contribution is 2.21. The minimum Gasteiger partial charge on any atom is -0.346 e. The van der Waals surface area contributed by atoms with Crippen LogP contribution in [0.25, 0.3) is 0 Å². The molecule has 1 rings (SSSR count). The molecule has 0 aromatic heterocycles. The summed E-state index contributed by atoms with van der Waals surface area (Å²) in [6.07, 6.45) is 8.19. The van der Waals surface area contributed by atoms with Crippen molar-refractivity contribution in [3.63, 3.8) is 0 Å². The van der Waals surface area contributed by atoms with Crippen molar-refractivity contribution in [3.8, 4) is 0 Å². The predicted octanol–water partition coefficient (Wildman–Crippen LogP) is 2.09. The van der Waals surface area contributed by atoms with Gasteiger partial charge in [0.05, 0.1) is 0 Å². The van der Waals surface area contributed by atoms with E-state index in [1.54, 1.807) is 0 Å². The van der Waals surface area contributed by atoms with E-state index in [0.717, 1.165) is 25.4 Å². The lowest BCUT2D eigenvalue weighted by Crippen LogP contribution is -2.33. The van der Waals surface area contributed by atoms with Gasteiger partial charge >= 0.3 is 0 Å². The van der Waals surface area contributed by atoms with Crippen LogP contribution in [0.3, 0.4) is 0 Å². The van der Waals surface area contributed by atoms with Gasteiger partial charge in [-0.1, -0.05) is 19.8 Å². The fraction of sp³-hybridized carbons (Fsp3) is 0.938. The minimum atomic E-state index is 0.257. The first-order chi connectivity index (χ1) is 9.67. The second kappa shape index (κ2) is 10.2. The van der Waals surface area contributed by atoms with Gasteiger partial charge in [0.1, 0.15) is 0 Å². The van der Waals surface area contributed by atoms with E-state index in [0.29, 0.717) is 13.0 Å². The molecule has 118 valence electrons. The third kappa shape index (κ3) is 6.71. The average Bonchev–Trinajstić information content (AvgIpc) is 2.68. The normalized spacial score (nSPS) is 20.6. The molecule has 0 bridgehead atoms. The number of amides is 1. The molecular weight excluding hydrogens is 250 g/mol. The Balaban J connectivity index is 2.22. The molecule has 4 nitrogen and oxygen atoms in total. The summed E-state index contributed by atoms with van der Waals surface area (Å²) in [5, 5.41) is 0. The second-order valence-corrected chi connectivity index (χ2v) is 6.13. The highest BCUT2D eigenvalue weighted by Gasteiger charge is 2.17. The Labute approximate surface area is 124 Å². The van der Waals surface area contributed by atoms with E-state index >= 15 is 0 Å². The molecule has 0 spiro atoms. The quantitative estimate of drug-likeness (QED) is 0.742. The number of likely N-dealkylation sites (tertiary alicyclic amines) is 1. The van der Waals surface area contributed by atoms with Gasteiger partial charge in [-0.2, -0.15) is 0 Å². The largest absolute Gasteiger partial charge is 0.346 e. The monoisotopic (exact) mass is 283 g/mol. The topological polar surface area (TPSA) is 49.6 Å². The van der Waals surface area contributed by atoms with Crippen molar-refractivity contribution in [3.05, 3.63) is 0 Å². The summed E-state index contributed by atoms with van der Waals surface area (Å²) in [4.78, 5) is 16.3. The molecule has 0 aromatic carbocycles. The molecule has 0 aromatic rings. The van der Waals surface area contributed by atoms with Crippen LogP contribution in [0.2, 0.25) is 0 Å². The fourth-order valence-corrected chi connectivity index (χ4v) is 3.04. The number of hydrogen-bond acceptors (Lipinski definition) is 3. The number of carbonyl (C=O) groups excluding carboxylic acids is 1. The first-order valence-corrected chi connectivity index (χ1v) is 8.33. The number of nitrogens with zero attached hydrogens (tertiary/aromatic N) is 2. The van der Waals surface area contributed by atoms with Crippen LogP contribution in [-0.4, -0.2) is 55.5 Å². The molecule has 1 aliphatic rings. The van der Waals surface area contributed by atoms with Gasteiger partial charge in [0.15, 0.2) is 0 Å². The highest BCUT2D eigenvalue weighted by molar-refractivity contribution is 5.76. The molecule has 0 aliphatic carbocycles. The van der Waals surface area contributed by atoms with Crippen molar-refractivity contribution in [1.29, 1.82) is 0 Å². The van der Waals surface area contributed by atoms with Gasteiger partial charge in [0.2, 0.25) is 5.91 Å². The van der Waals surface area contributed by atoms with Gasteiger partial charge in [-0.15, -0.1) is 0 Å². The van der Waals surface area contributed by atoms with Crippen LogP contribution in [0.5, 0.6) is 0 Å². The Morgan fingerprint density at radius 2 is 2.15 bits per heavy atom. The molecule has 20 heavy (non-hydrogen) atoms. The Kier molecular flexibility index (Phi) is 8.86. The SMILES string of the molecule is CCCC1CCCN(CCC(=O)N(C)CCCN)CC1. The van der Waals surface area contributed by atoms with E-state index in [9.17, 15) is 4.79 Å². The van der Waals surface area contributed by atoms with Crippen LogP contribution in [0.4, 0.5) is 0 Å². The molecule has 0 radical (unpaired) electrons. The molecule has 1 heterocycles. The maximum atomic E-state index is 12.0. The zero-order valence-corrected chi connectivity index (χ0v) is 13.4. The highest BCUT2D eigenvalue weighted by atomic mass is 16.2. The van der Waals surface area contributed by atoms with E-state index in [1.165, 1.54) is 45.2 Å². The van der Waals surface area contributed by atoms with Crippen molar-refractivity contribution in [2.45, 2.75) is 51.9 Å². The minimum absolute atomic E-state index is 0.257. The number of carbonyl (C=O) groups is 1. The zero-order valence-electron chi connectivity index (χ0n) is 13.4. The predicted molar refractivity (Wildman–Crippen MR) is 84.6 cm³/mol. The van der Waals surface area contributed by atoms with Crippen LogP contribution < -0.4 is 5.73 Å². The Bertz CT molecular complexity index is 270. The first kappa shape index (κ1) is 17.4. The Hall–Kier alpha value is -0.610. The molecule has 1 amide bonds. The second-order valence-electron chi connectivity index (χ2n) is 6.13. The summed E-state index contributed by atoms with van der Waals surface area (Å²) in [6.45, 7) is 6.98. The molecule has 1 fully saturated rings. The van der Waals surface area contributed by atoms with Crippen molar-refractivity contribution in [2.75, 3.05) is 39.8 Å². The van der Waals surface area contributed by atoms with Crippen molar-refractivity contribution < 1.29 is 4.79 Å². The average molecular weight is 283 g/mol. The maximum Gasteiger partial charge on any atom is 0.223 e. The Morgan fingerprint density at radius 3 is 2.85 bits per heavy atom. The standard InChI is InChI=1S/C16H33N3O/c1-3-6-15-7-4-12-19(13-8-15)14-9-16(20)18(2)11-5-10-17/h15H,3-14,17H2,1-2H3. The third-order valence-corrected chi connectivity index (χ3v) is 4.40. The van der Waals surface area contributed by atoms with Crippen LogP contribution in [0.1, 0.15) is 51.9 Å².